The number of nitrogens with two attached hydrogens (primary N) is 1. The van der Waals surface area contributed by atoms with Crippen LogP contribution in [0.3, 0.4) is 0 Å². The van der Waals surface area contributed by atoms with Crippen LogP contribution in [0, 0.1) is 6.92 Å². The van der Waals surface area contributed by atoms with E-state index in [-0.39, 0.29) is 6.04 Å². The lowest BCUT2D eigenvalue weighted by Gasteiger charge is -2.03. The van der Waals surface area contributed by atoms with Crippen molar-refractivity contribution < 1.29 is 4.52 Å². The molecule has 0 saturated carbocycles. The van der Waals surface area contributed by atoms with Crippen molar-refractivity contribution in [3.8, 4) is 11.5 Å². The van der Waals surface area contributed by atoms with Gasteiger partial charge in [-0.2, -0.15) is 4.98 Å². The molecule has 0 bridgehead atoms. The number of aryl methyl sites for hydroxylation is 1. The normalized spacial score (nSPS) is 12.8. The molecule has 5 heteroatoms. The van der Waals surface area contributed by atoms with Gasteiger partial charge in [-0.15, -0.1) is 0 Å². The fourth-order valence-electron chi connectivity index (χ4n) is 2.01. The monoisotopic (exact) mass is 254 g/mol. The van der Waals surface area contributed by atoms with E-state index in [0.29, 0.717) is 11.7 Å². The lowest BCUT2D eigenvalue weighted by atomic mass is 10.1. The molecule has 3 rings (SSSR count). The molecule has 1 unspecified atom stereocenters. The first-order valence-electron chi connectivity index (χ1n) is 6.11. The molecule has 0 aliphatic carbocycles. The zero-order valence-corrected chi connectivity index (χ0v) is 10.8. The molecule has 1 aromatic carbocycles. The van der Waals surface area contributed by atoms with Crippen LogP contribution in [0.4, 0.5) is 0 Å². The Kier molecular flexibility index (Phi) is 2.76. The van der Waals surface area contributed by atoms with Crippen molar-refractivity contribution >= 4 is 10.9 Å². The maximum atomic E-state index is 5.75. The van der Waals surface area contributed by atoms with Gasteiger partial charge >= 0.3 is 0 Å². The second-order valence-corrected chi connectivity index (χ2v) is 4.57. The Labute approximate surface area is 110 Å². The Balaban J connectivity index is 2.23. The van der Waals surface area contributed by atoms with E-state index in [4.69, 9.17) is 10.3 Å². The summed E-state index contributed by atoms with van der Waals surface area (Å²) in [5.74, 6) is 0.988. The van der Waals surface area contributed by atoms with E-state index >= 15 is 0 Å². The number of hydrogen-bond donors (Lipinski definition) is 1. The largest absolute Gasteiger partial charge is 0.334 e. The third kappa shape index (κ3) is 2.08. The summed E-state index contributed by atoms with van der Waals surface area (Å²) in [6, 6.07) is 9.58. The zero-order valence-electron chi connectivity index (χ0n) is 10.8. The van der Waals surface area contributed by atoms with Gasteiger partial charge in [-0.05, 0) is 26.0 Å². The molecule has 0 spiro atoms. The van der Waals surface area contributed by atoms with Crippen LogP contribution in [0.5, 0.6) is 0 Å². The number of benzene rings is 1. The van der Waals surface area contributed by atoms with Gasteiger partial charge in [-0.3, -0.25) is 4.98 Å². The van der Waals surface area contributed by atoms with Gasteiger partial charge in [0.2, 0.25) is 0 Å². The quantitative estimate of drug-likeness (QED) is 0.760. The van der Waals surface area contributed by atoms with Crippen molar-refractivity contribution in [3.05, 3.63) is 41.9 Å². The van der Waals surface area contributed by atoms with E-state index in [0.717, 1.165) is 22.2 Å². The first-order valence-corrected chi connectivity index (χ1v) is 6.11. The van der Waals surface area contributed by atoms with Gasteiger partial charge in [-0.1, -0.05) is 23.4 Å². The molecule has 1 atom stereocenters. The van der Waals surface area contributed by atoms with Crippen LogP contribution in [-0.4, -0.2) is 15.1 Å². The summed E-state index contributed by atoms with van der Waals surface area (Å²) in [7, 11) is 0. The Morgan fingerprint density at radius 1 is 1.21 bits per heavy atom. The Hall–Kier alpha value is -2.27. The second kappa shape index (κ2) is 4.44. The van der Waals surface area contributed by atoms with Crippen LogP contribution in [-0.2, 0) is 0 Å². The van der Waals surface area contributed by atoms with Crippen LogP contribution in [0.25, 0.3) is 22.4 Å². The van der Waals surface area contributed by atoms with Crippen LogP contribution in [0.2, 0.25) is 0 Å². The third-order valence-electron chi connectivity index (χ3n) is 2.92. The highest BCUT2D eigenvalue weighted by Crippen LogP contribution is 2.27. The van der Waals surface area contributed by atoms with E-state index in [1.54, 1.807) is 0 Å². The minimum absolute atomic E-state index is 0.244. The highest BCUT2D eigenvalue weighted by Gasteiger charge is 2.14. The molecule has 19 heavy (non-hydrogen) atoms. The summed E-state index contributed by atoms with van der Waals surface area (Å²) in [6.07, 6.45) is 0. The van der Waals surface area contributed by atoms with Gasteiger partial charge in [0.25, 0.3) is 5.89 Å². The molecule has 2 aromatic heterocycles. The minimum atomic E-state index is -0.244. The smallest absolute Gasteiger partial charge is 0.258 e. The van der Waals surface area contributed by atoms with Crippen molar-refractivity contribution in [2.75, 3.05) is 0 Å². The van der Waals surface area contributed by atoms with Crippen LogP contribution < -0.4 is 5.73 Å². The molecule has 2 N–H and O–H groups in total. The number of aromatic nitrogens is 3. The molecule has 0 aliphatic heterocycles. The molecule has 0 radical (unpaired) electrons. The molecule has 0 saturated heterocycles. The van der Waals surface area contributed by atoms with Gasteiger partial charge in [0.15, 0.2) is 5.82 Å². The maximum absolute atomic E-state index is 5.75. The molecule has 0 aliphatic rings. The van der Waals surface area contributed by atoms with E-state index in [9.17, 15) is 0 Å². The molecule has 0 amide bonds. The van der Waals surface area contributed by atoms with E-state index in [2.05, 4.69) is 15.1 Å². The van der Waals surface area contributed by atoms with E-state index in [1.165, 1.54) is 0 Å². The molecule has 2 heterocycles. The Bertz CT molecular complexity index is 733. The summed E-state index contributed by atoms with van der Waals surface area (Å²) >= 11 is 0. The lowest BCUT2D eigenvalue weighted by molar-refractivity contribution is 0.418. The number of rotatable bonds is 2. The van der Waals surface area contributed by atoms with Crippen molar-refractivity contribution in [3.63, 3.8) is 0 Å². The molecule has 0 fully saturated rings. The van der Waals surface area contributed by atoms with Gasteiger partial charge in [-0.25, -0.2) is 0 Å². The summed E-state index contributed by atoms with van der Waals surface area (Å²) in [6.45, 7) is 3.77. The van der Waals surface area contributed by atoms with Crippen molar-refractivity contribution in [1.82, 2.24) is 15.1 Å². The second-order valence-electron chi connectivity index (χ2n) is 4.57. The van der Waals surface area contributed by atoms with E-state index < -0.39 is 0 Å². The van der Waals surface area contributed by atoms with E-state index in [1.807, 2.05) is 44.2 Å². The van der Waals surface area contributed by atoms with Gasteiger partial charge < -0.3 is 10.3 Å². The van der Waals surface area contributed by atoms with Crippen molar-refractivity contribution in [2.24, 2.45) is 5.73 Å². The number of para-hydroxylation sites is 1. The van der Waals surface area contributed by atoms with Gasteiger partial charge in [0.1, 0.15) is 0 Å². The third-order valence-corrected chi connectivity index (χ3v) is 2.92. The first-order chi connectivity index (χ1) is 9.15. The van der Waals surface area contributed by atoms with Gasteiger partial charge in [0.05, 0.1) is 17.1 Å². The Morgan fingerprint density at radius 3 is 2.74 bits per heavy atom. The maximum Gasteiger partial charge on any atom is 0.258 e. The predicted molar refractivity (Wildman–Crippen MR) is 72.4 cm³/mol. The summed E-state index contributed by atoms with van der Waals surface area (Å²) in [5.41, 5.74) is 8.47. The highest BCUT2D eigenvalue weighted by atomic mass is 16.5. The zero-order chi connectivity index (χ0) is 13.4. The summed E-state index contributed by atoms with van der Waals surface area (Å²) < 4.78 is 5.31. The number of hydrogen-bond acceptors (Lipinski definition) is 5. The molecule has 3 aromatic rings. The van der Waals surface area contributed by atoms with Crippen LogP contribution in [0.15, 0.2) is 34.9 Å². The fourth-order valence-corrected chi connectivity index (χ4v) is 2.01. The number of pyridine rings is 1. The predicted octanol–water partition coefficient (Wildman–Crippen LogP) is 2.61. The number of fused-ring (bicyclic) bond motifs is 1. The first kappa shape index (κ1) is 11.8. The SMILES string of the molecule is Cc1cc(-c2nc(C(C)N)no2)c2ccccc2n1. The summed E-state index contributed by atoms with van der Waals surface area (Å²) in [5, 5.41) is 4.89. The van der Waals surface area contributed by atoms with Gasteiger partial charge in [0, 0.05) is 11.1 Å². The molecule has 5 nitrogen and oxygen atoms in total. The average molecular weight is 254 g/mol. The highest BCUT2D eigenvalue weighted by molar-refractivity contribution is 5.92. The van der Waals surface area contributed by atoms with Crippen LogP contribution >= 0.6 is 0 Å². The summed E-state index contributed by atoms with van der Waals surface area (Å²) in [4.78, 5) is 8.83. The average Bonchev–Trinajstić information content (AvgIpc) is 2.87. The number of nitrogens with zero attached hydrogens (tertiary/aromatic N) is 3. The molecule has 96 valence electrons. The fraction of sp³-hybridized carbons (Fsp3) is 0.214. The Morgan fingerprint density at radius 2 is 2.00 bits per heavy atom. The lowest BCUT2D eigenvalue weighted by Crippen LogP contribution is -2.06. The molecular weight excluding hydrogens is 240 g/mol. The minimum Gasteiger partial charge on any atom is -0.334 e. The standard InChI is InChI=1S/C14H14N4O/c1-8-7-11(10-5-3-4-6-12(10)16-8)14-17-13(9(2)15)18-19-14/h3-7,9H,15H2,1-2H3. The topological polar surface area (TPSA) is 77.8 Å². The molecular formula is C14H14N4O. The van der Waals surface area contributed by atoms with Crippen molar-refractivity contribution in [2.45, 2.75) is 19.9 Å². The van der Waals surface area contributed by atoms with Crippen LogP contribution in [0.1, 0.15) is 24.5 Å². The van der Waals surface area contributed by atoms with Crippen molar-refractivity contribution in [1.29, 1.82) is 0 Å².